The zero-order valence-corrected chi connectivity index (χ0v) is 20.5. The molecule has 4 rings (SSSR count). The fourth-order valence-corrected chi connectivity index (χ4v) is 4.15. The number of hydrogen-bond acceptors (Lipinski definition) is 6. The topological polar surface area (TPSA) is 87.6 Å². The van der Waals surface area contributed by atoms with Crippen LogP contribution in [-0.2, 0) is 35.5 Å². The lowest BCUT2D eigenvalue weighted by Gasteiger charge is -2.13. The number of esters is 1. The van der Waals surface area contributed by atoms with Crippen LogP contribution in [0, 0.1) is 5.92 Å². The molecule has 0 aliphatic heterocycles. The van der Waals surface area contributed by atoms with E-state index in [1.54, 1.807) is 13.1 Å². The first-order valence-electron chi connectivity index (χ1n) is 12.0. The summed E-state index contributed by atoms with van der Waals surface area (Å²) in [6.45, 7) is 7.23. The molecule has 0 fully saturated rings. The highest BCUT2D eigenvalue weighted by molar-refractivity contribution is 5.93. The van der Waals surface area contributed by atoms with Crippen molar-refractivity contribution in [1.82, 2.24) is 4.98 Å². The van der Waals surface area contributed by atoms with Crippen LogP contribution in [0.2, 0.25) is 0 Å². The molecule has 35 heavy (non-hydrogen) atoms. The first-order valence-corrected chi connectivity index (χ1v) is 12.0. The number of aromatic nitrogens is 1. The van der Waals surface area contributed by atoms with Crippen molar-refractivity contribution in [2.24, 2.45) is 11.7 Å². The van der Waals surface area contributed by atoms with Gasteiger partial charge in [-0.05, 0) is 60.4 Å². The minimum absolute atomic E-state index is 0.174. The highest BCUT2D eigenvalue weighted by atomic mass is 16.5. The van der Waals surface area contributed by atoms with Gasteiger partial charge in [0.25, 0.3) is 0 Å². The van der Waals surface area contributed by atoms with E-state index in [0.717, 1.165) is 51.1 Å². The summed E-state index contributed by atoms with van der Waals surface area (Å²) in [5, 5.41) is 1.03. The Kier molecular flexibility index (Phi) is 7.83. The highest BCUT2D eigenvalue weighted by Crippen LogP contribution is 2.34. The molecule has 0 radical (unpaired) electrons. The zero-order valence-electron chi connectivity index (χ0n) is 20.5. The van der Waals surface area contributed by atoms with Crippen LogP contribution in [0.1, 0.15) is 43.4 Å². The fourth-order valence-electron chi connectivity index (χ4n) is 4.15. The second-order valence-corrected chi connectivity index (χ2v) is 8.99. The van der Waals surface area contributed by atoms with E-state index < -0.39 is 0 Å². The van der Waals surface area contributed by atoms with Gasteiger partial charge in [-0.3, -0.25) is 9.78 Å². The standard InChI is InChI=1S/C29H32N2O4/c1-4-33-28(32)16-22-7-5-6-8-27(22)34-18-20-12-23-15-25(11-19(2)3)35-29(23)26(13-20)21-9-10-31-24(14-21)17-30/h5-10,12-15,19H,4,11,16-18,30H2,1-3H3. The van der Waals surface area contributed by atoms with Gasteiger partial charge < -0.3 is 19.6 Å². The molecule has 0 bridgehead atoms. The third kappa shape index (κ3) is 6.08. The number of nitrogens with zero attached hydrogens (tertiary/aromatic N) is 1. The maximum absolute atomic E-state index is 12.0. The molecule has 0 atom stereocenters. The van der Waals surface area contributed by atoms with Crippen molar-refractivity contribution < 1.29 is 18.7 Å². The van der Waals surface area contributed by atoms with E-state index in [2.05, 4.69) is 37.0 Å². The van der Waals surface area contributed by atoms with Gasteiger partial charge in [0.2, 0.25) is 0 Å². The Bertz CT molecular complexity index is 1310. The number of carbonyl (C=O) groups excluding carboxylic acids is 1. The lowest BCUT2D eigenvalue weighted by atomic mass is 10.0. The molecule has 2 N–H and O–H groups in total. The van der Waals surface area contributed by atoms with Crippen molar-refractivity contribution in [3.05, 3.63) is 83.4 Å². The molecule has 182 valence electrons. The highest BCUT2D eigenvalue weighted by Gasteiger charge is 2.15. The van der Waals surface area contributed by atoms with Crippen molar-refractivity contribution in [2.45, 2.75) is 46.8 Å². The van der Waals surface area contributed by atoms with E-state index in [1.807, 2.05) is 36.4 Å². The van der Waals surface area contributed by atoms with Crippen LogP contribution >= 0.6 is 0 Å². The Labute approximate surface area is 206 Å². The summed E-state index contributed by atoms with van der Waals surface area (Å²) in [7, 11) is 0. The molecule has 2 aromatic carbocycles. The smallest absolute Gasteiger partial charge is 0.310 e. The number of ether oxygens (including phenoxy) is 2. The van der Waals surface area contributed by atoms with Crippen molar-refractivity contribution in [1.29, 1.82) is 0 Å². The maximum atomic E-state index is 12.0. The number of nitrogens with two attached hydrogens (primary N) is 1. The average molecular weight is 473 g/mol. The van der Waals surface area contributed by atoms with Crippen molar-refractivity contribution in [3.8, 4) is 16.9 Å². The minimum atomic E-state index is -0.267. The van der Waals surface area contributed by atoms with E-state index in [0.29, 0.717) is 31.4 Å². The number of hydrogen-bond donors (Lipinski definition) is 1. The van der Waals surface area contributed by atoms with Gasteiger partial charge in [-0.15, -0.1) is 0 Å². The minimum Gasteiger partial charge on any atom is -0.489 e. The molecular formula is C29H32N2O4. The quantitative estimate of drug-likeness (QED) is 0.292. The largest absolute Gasteiger partial charge is 0.489 e. The van der Waals surface area contributed by atoms with E-state index in [9.17, 15) is 4.79 Å². The number of rotatable bonds is 10. The van der Waals surface area contributed by atoms with Crippen LogP contribution in [0.5, 0.6) is 5.75 Å². The molecule has 0 amide bonds. The number of pyridine rings is 1. The molecular weight excluding hydrogens is 440 g/mol. The van der Waals surface area contributed by atoms with E-state index in [4.69, 9.17) is 19.6 Å². The van der Waals surface area contributed by atoms with Crippen LogP contribution in [0.3, 0.4) is 0 Å². The number of benzene rings is 2. The SMILES string of the molecule is CCOC(=O)Cc1ccccc1OCc1cc(-c2ccnc(CN)c2)c2oc(CC(C)C)cc2c1. The number of para-hydroxylation sites is 1. The van der Waals surface area contributed by atoms with Gasteiger partial charge in [0.1, 0.15) is 23.7 Å². The predicted octanol–water partition coefficient (Wildman–Crippen LogP) is 5.84. The first kappa shape index (κ1) is 24.5. The number of fused-ring (bicyclic) bond motifs is 1. The first-order chi connectivity index (χ1) is 17.0. The molecule has 0 spiro atoms. The van der Waals surface area contributed by atoms with Gasteiger partial charge >= 0.3 is 5.97 Å². The molecule has 4 aromatic rings. The van der Waals surface area contributed by atoms with Crippen LogP contribution in [0.25, 0.3) is 22.1 Å². The molecule has 6 nitrogen and oxygen atoms in total. The number of carbonyl (C=O) groups is 1. The van der Waals surface area contributed by atoms with Crippen molar-refractivity contribution in [3.63, 3.8) is 0 Å². The summed E-state index contributed by atoms with van der Waals surface area (Å²) in [4.78, 5) is 16.4. The molecule has 0 aliphatic carbocycles. The Morgan fingerprint density at radius 1 is 1.11 bits per heavy atom. The van der Waals surface area contributed by atoms with E-state index in [1.165, 1.54) is 0 Å². The van der Waals surface area contributed by atoms with Crippen molar-refractivity contribution in [2.75, 3.05) is 6.61 Å². The van der Waals surface area contributed by atoms with Crippen LogP contribution in [0.15, 0.2) is 65.2 Å². The molecule has 2 heterocycles. The van der Waals surface area contributed by atoms with Gasteiger partial charge in [0.05, 0.1) is 18.7 Å². The van der Waals surface area contributed by atoms with Crippen LogP contribution in [0.4, 0.5) is 0 Å². The summed E-state index contributed by atoms with van der Waals surface area (Å²) < 4.78 is 17.6. The molecule has 2 aromatic heterocycles. The van der Waals surface area contributed by atoms with Gasteiger partial charge in [-0.2, -0.15) is 0 Å². The predicted molar refractivity (Wildman–Crippen MR) is 137 cm³/mol. The average Bonchev–Trinajstić information content (AvgIpc) is 3.24. The fraction of sp³-hybridized carbons (Fsp3) is 0.310. The molecule has 0 saturated carbocycles. The van der Waals surface area contributed by atoms with Crippen LogP contribution < -0.4 is 10.5 Å². The molecule has 0 saturated heterocycles. The zero-order chi connectivity index (χ0) is 24.8. The number of furan rings is 1. The van der Waals surface area contributed by atoms with Crippen LogP contribution in [-0.4, -0.2) is 17.6 Å². The van der Waals surface area contributed by atoms with E-state index in [-0.39, 0.29) is 12.4 Å². The van der Waals surface area contributed by atoms with Gasteiger partial charge in [-0.1, -0.05) is 32.0 Å². The second kappa shape index (κ2) is 11.2. The van der Waals surface area contributed by atoms with Gasteiger partial charge in [0.15, 0.2) is 0 Å². The van der Waals surface area contributed by atoms with Gasteiger partial charge in [-0.25, -0.2) is 0 Å². The Hall–Kier alpha value is -3.64. The summed E-state index contributed by atoms with van der Waals surface area (Å²) in [6, 6.07) is 17.8. The maximum Gasteiger partial charge on any atom is 0.310 e. The molecule has 0 aliphatic rings. The molecule has 6 heteroatoms. The summed E-state index contributed by atoms with van der Waals surface area (Å²) in [6.07, 6.45) is 2.81. The Morgan fingerprint density at radius 2 is 1.94 bits per heavy atom. The van der Waals surface area contributed by atoms with Gasteiger partial charge in [0, 0.05) is 35.7 Å². The third-order valence-corrected chi connectivity index (χ3v) is 5.68. The lowest BCUT2D eigenvalue weighted by molar-refractivity contribution is -0.142. The summed E-state index contributed by atoms with van der Waals surface area (Å²) in [5.41, 5.74) is 11.3. The normalized spacial score (nSPS) is 11.2. The molecule has 0 unspecified atom stereocenters. The summed E-state index contributed by atoms with van der Waals surface area (Å²) >= 11 is 0. The monoisotopic (exact) mass is 472 g/mol. The van der Waals surface area contributed by atoms with E-state index >= 15 is 0 Å². The Balaban J connectivity index is 1.68. The second-order valence-electron chi connectivity index (χ2n) is 8.99. The summed E-state index contributed by atoms with van der Waals surface area (Å²) in [5.74, 6) is 1.85. The third-order valence-electron chi connectivity index (χ3n) is 5.68. The van der Waals surface area contributed by atoms with Crippen molar-refractivity contribution >= 4 is 16.9 Å². The lowest BCUT2D eigenvalue weighted by Crippen LogP contribution is -2.09. The Morgan fingerprint density at radius 3 is 2.71 bits per heavy atom.